The van der Waals surface area contributed by atoms with Crippen LogP contribution < -0.4 is 0 Å². The molecule has 0 aromatic heterocycles. The van der Waals surface area contributed by atoms with Gasteiger partial charge in [0.15, 0.2) is 0 Å². The third-order valence-corrected chi connectivity index (χ3v) is 4.79. The Labute approximate surface area is 129 Å². The minimum absolute atomic E-state index is 0.0993. The third kappa shape index (κ3) is 2.84. The SMILES string of the molecule is Cc1cc(S(=O)(=O)O)c2cc(SOOO)c(C)c(O)c2c1O. The molecule has 8 nitrogen and oxygen atoms in total. The van der Waals surface area contributed by atoms with Crippen LogP contribution in [-0.4, -0.2) is 28.4 Å². The van der Waals surface area contributed by atoms with Gasteiger partial charge in [0.05, 0.1) is 17.4 Å². The van der Waals surface area contributed by atoms with Crippen molar-refractivity contribution in [1.82, 2.24) is 0 Å². The van der Waals surface area contributed by atoms with Gasteiger partial charge in [-0.05, 0) is 31.5 Å². The Morgan fingerprint density at radius 2 is 1.77 bits per heavy atom. The lowest BCUT2D eigenvalue weighted by molar-refractivity contribution is -0.432. The van der Waals surface area contributed by atoms with E-state index in [-0.39, 0.29) is 38.3 Å². The second-order valence-electron chi connectivity index (χ2n) is 4.51. The maximum absolute atomic E-state index is 11.5. The molecule has 0 spiro atoms. The van der Waals surface area contributed by atoms with E-state index in [1.165, 1.54) is 19.9 Å². The van der Waals surface area contributed by atoms with Crippen LogP contribution in [0.5, 0.6) is 11.5 Å². The van der Waals surface area contributed by atoms with Crippen molar-refractivity contribution in [2.24, 2.45) is 0 Å². The van der Waals surface area contributed by atoms with Crippen molar-refractivity contribution in [2.75, 3.05) is 0 Å². The predicted molar refractivity (Wildman–Crippen MR) is 77.2 cm³/mol. The molecule has 0 aliphatic heterocycles. The van der Waals surface area contributed by atoms with Crippen LogP contribution in [0.4, 0.5) is 0 Å². The number of benzene rings is 2. The largest absolute Gasteiger partial charge is 0.507 e. The number of hydrogen-bond acceptors (Lipinski definition) is 8. The first-order valence-electron chi connectivity index (χ1n) is 5.79. The van der Waals surface area contributed by atoms with Gasteiger partial charge < -0.3 is 10.2 Å². The van der Waals surface area contributed by atoms with Crippen LogP contribution in [0.1, 0.15) is 11.1 Å². The number of phenols is 2. The normalized spacial score (nSPS) is 12.0. The fraction of sp³-hybridized carbons (Fsp3) is 0.167. The van der Waals surface area contributed by atoms with Crippen molar-refractivity contribution in [3.05, 3.63) is 23.3 Å². The summed E-state index contributed by atoms with van der Waals surface area (Å²) in [6.45, 7) is 2.93. The highest BCUT2D eigenvalue weighted by molar-refractivity contribution is 7.94. The molecule has 22 heavy (non-hydrogen) atoms. The summed E-state index contributed by atoms with van der Waals surface area (Å²) >= 11 is 0.515. The molecular weight excluding hydrogens is 336 g/mol. The first-order valence-corrected chi connectivity index (χ1v) is 7.97. The van der Waals surface area contributed by atoms with Crippen molar-refractivity contribution >= 4 is 32.9 Å². The summed E-state index contributed by atoms with van der Waals surface area (Å²) in [7, 11) is -4.59. The first-order chi connectivity index (χ1) is 10.2. The standard InChI is InChI=1S/C12H12O8S2/c1-5-3-9(22(16,17)18)7-4-8(21-20-19-15)6(2)12(14)10(7)11(5)13/h3-4,13-15H,1-2H3,(H,16,17,18). The zero-order chi connectivity index (χ0) is 16.7. The summed E-state index contributed by atoms with van der Waals surface area (Å²) in [6, 6.07) is 2.36. The molecule has 0 saturated carbocycles. The van der Waals surface area contributed by atoms with E-state index in [1.807, 2.05) is 0 Å². The van der Waals surface area contributed by atoms with Gasteiger partial charge in [0.25, 0.3) is 10.1 Å². The van der Waals surface area contributed by atoms with E-state index >= 15 is 0 Å². The third-order valence-electron chi connectivity index (χ3n) is 3.16. The van der Waals surface area contributed by atoms with Crippen LogP contribution in [0.25, 0.3) is 10.8 Å². The van der Waals surface area contributed by atoms with Crippen molar-refractivity contribution in [2.45, 2.75) is 23.6 Å². The number of aryl methyl sites for hydroxylation is 1. The Hall–Kier alpha value is -1.56. The highest BCUT2D eigenvalue weighted by Crippen LogP contribution is 2.44. The van der Waals surface area contributed by atoms with Gasteiger partial charge in [-0.3, -0.25) is 4.55 Å². The van der Waals surface area contributed by atoms with Gasteiger partial charge in [-0.1, -0.05) is 5.04 Å². The van der Waals surface area contributed by atoms with E-state index in [2.05, 4.69) is 9.37 Å². The zero-order valence-electron chi connectivity index (χ0n) is 11.4. The quantitative estimate of drug-likeness (QED) is 0.284. The molecule has 2 aromatic carbocycles. The van der Waals surface area contributed by atoms with Crippen molar-refractivity contribution in [1.29, 1.82) is 0 Å². The summed E-state index contributed by atoms with van der Waals surface area (Å²) in [5.41, 5.74) is 0.432. The summed E-state index contributed by atoms with van der Waals surface area (Å²) in [5.74, 6) is -0.688. The Morgan fingerprint density at radius 3 is 2.32 bits per heavy atom. The van der Waals surface area contributed by atoms with E-state index in [4.69, 9.17) is 5.26 Å². The highest BCUT2D eigenvalue weighted by atomic mass is 32.2. The summed E-state index contributed by atoms with van der Waals surface area (Å²) in [6.07, 6.45) is 0. The average molecular weight is 348 g/mol. The molecule has 120 valence electrons. The van der Waals surface area contributed by atoms with Crippen molar-refractivity contribution in [3.63, 3.8) is 0 Å². The summed E-state index contributed by atoms with van der Waals surface area (Å²) in [5, 5.41) is 31.7. The molecule has 0 fully saturated rings. The molecule has 0 aliphatic rings. The molecule has 0 radical (unpaired) electrons. The Kier molecular flexibility index (Phi) is 4.52. The van der Waals surface area contributed by atoms with Gasteiger partial charge >= 0.3 is 0 Å². The number of phenolic OH excluding ortho intramolecular Hbond substituents is 2. The molecule has 0 saturated heterocycles. The van der Waals surface area contributed by atoms with E-state index < -0.39 is 15.0 Å². The highest BCUT2D eigenvalue weighted by Gasteiger charge is 2.23. The molecule has 4 N–H and O–H groups in total. The molecule has 0 heterocycles. The van der Waals surface area contributed by atoms with Crippen LogP contribution in [0.2, 0.25) is 0 Å². The number of fused-ring (bicyclic) bond motifs is 1. The number of rotatable bonds is 4. The molecule has 2 aromatic rings. The molecule has 0 atom stereocenters. The molecule has 0 bridgehead atoms. The van der Waals surface area contributed by atoms with Gasteiger partial charge in [-0.15, -0.1) is 4.33 Å². The molecular formula is C12H12O8S2. The van der Waals surface area contributed by atoms with Gasteiger partial charge in [-0.25, -0.2) is 5.26 Å². The van der Waals surface area contributed by atoms with Gasteiger partial charge in [0, 0.05) is 15.8 Å². The smallest absolute Gasteiger partial charge is 0.295 e. The second kappa shape index (κ2) is 5.91. The van der Waals surface area contributed by atoms with E-state index in [0.29, 0.717) is 12.0 Å². The maximum atomic E-state index is 11.5. The van der Waals surface area contributed by atoms with Crippen LogP contribution in [0, 0.1) is 13.8 Å². The fourth-order valence-corrected chi connectivity index (χ4v) is 3.33. The van der Waals surface area contributed by atoms with Crippen LogP contribution in [0.3, 0.4) is 0 Å². The lowest BCUT2D eigenvalue weighted by Crippen LogP contribution is -2.01. The summed E-state index contributed by atoms with van der Waals surface area (Å²) < 4.78 is 36.6. The van der Waals surface area contributed by atoms with Crippen LogP contribution in [0.15, 0.2) is 21.9 Å². The Balaban J connectivity index is 2.94. The van der Waals surface area contributed by atoms with E-state index in [9.17, 15) is 23.2 Å². The van der Waals surface area contributed by atoms with E-state index in [0.717, 1.165) is 6.07 Å². The van der Waals surface area contributed by atoms with Gasteiger partial charge in [-0.2, -0.15) is 8.42 Å². The van der Waals surface area contributed by atoms with Gasteiger partial charge in [0.2, 0.25) is 0 Å². The molecule has 10 heteroatoms. The Bertz CT molecular complexity index is 844. The maximum Gasteiger partial charge on any atom is 0.295 e. The average Bonchev–Trinajstić information content (AvgIpc) is 2.43. The molecule has 0 amide bonds. The minimum Gasteiger partial charge on any atom is -0.507 e. The lowest BCUT2D eigenvalue weighted by Gasteiger charge is -2.14. The van der Waals surface area contributed by atoms with Crippen LogP contribution in [-0.2, 0) is 19.5 Å². The molecule has 0 unspecified atom stereocenters. The van der Waals surface area contributed by atoms with Gasteiger partial charge in [0.1, 0.15) is 16.4 Å². The zero-order valence-corrected chi connectivity index (χ0v) is 13.0. The number of aromatic hydroxyl groups is 2. The molecule has 2 rings (SSSR count). The second-order valence-corrected chi connectivity index (χ2v) is 6.64. The van der Waals surface area contributed by atoms with Crippen LogP contribution >= 0.6 is 12.0 Å². The van der Waals surface area contributed by atoms with E-state index in [1.54, 1.807) is 0 Å². The predicted octanol–water partition coefficient (Wildman–Crippen LogP) is 2.54. The minimum atomic E-state index is -4.59. The van der Waals surface area contributed by atoms with Crippen molar-refractivity contribution in [3.8, 4) is 11.5 Å². The first kappa shape index (κ1) is 16.8. The fourth-order valence-electron chi connectivity index (χ4n) is 2.07. The molecule has 0 aliphatic carbocycles. The number of hydrogen-bond donors (Lipinski definition) is 4. The summed E-state index contributed by atoms with van der Waals surface area (Å²) in [4.78, 5) is -0.257. The Morgan fingerprint density at radius 1 is 1.14 bits per heavy atom. The topological polar surface area (TPSA) is 134 Å². The lowest BCUT2D eigenvalue weighted by atomic mass is 10.0. The monoisotopic (exact) mass is 348 g/mol. The van der Waals surface area contributed by atoms with Crippen molar-refractivity contribution < 1.29 is 37.8 Å².